The molecular weight excluding hydrogens is 289 g/mol. The Bertz CT molecular complexity index is 687. The second-order valence-electron chi connectivity index (χ2n) is 4.00. The molecule has 0 bridgehead atoms. The Kier molecular flexibility index (Phi) is 3.79. The molecular formula is C13H9F3N2O3. The normalized spacial score (nSPS) is 11.2. The molecule has 1 aromatic heterocycles. The molecule has 2 aromatic rings. The van der Waals surface area contributed by atoms with Crippen LogP contribution < -0.4 is 4.74 Å². The minimum Gasteiger partial charge on any atom is -0.480 e. The van der Waals surface area contributed by atoms with Gasteiger partial charge in [-0.25, -0.2) is 9.78 Å². The molecule has 1 heterocycles. The van der Waals surface area contributed by atoms with E-state index in [0.717, 1.165) is 18.3 Å². The summed E-state index contributed by atoms with van der Waals surface area (Å²) in [6.45, 7) is 0. The topological polar surface area (TPSA) is 72.3 Å². The van der Waals surface area contributed by atoms with Gasteiger partial charge in [-0.1, -0.05) is 12.1 Å². The highest BCUT2D eigenvalue weighted by atomic mass is 19.4. The molecule has 8 heteroatoms. The quantitative estimate of drug-likeness (QED) is 0.943. The molecule has 0 aliphatic carbocycles. The van der Waals surface area contributed by atoms with Gasteiger partial charge in [0, 0.05) is 11.8 Å². The molecule has 0 radical (unpaired) electrons. The predicted molar refractivity (Wildman–Crippen MR) is 66.0 cm³/mol. The van der Waals surface area contributed by atoms with E-state index in [4.69, 9.17) is 9.84 Å². The second kappa shape index (κ2) is 5.39. The molecule has 21 heavy (non-hydrogen) atoms. The van der Waals surface area contributed by atoms with Crippen LogP contribution in [0.15, 0.2) is 30.5 Å². The van der Waals surface area contributed by atoms with Crippen molar-refractivity contribution in [1.29, 1.82) is 0 Å². The van der Waals surface area contributed by atoms with Crippen LogP contribution >= 0.6 is 0 Å². The molecule has 0 spiro atoms. The first-order valence-electron chi connectivity index (χ1n) is 5.65. The SMILES string of the molecule is COc1nc(-c2cccc(C(F)(F)F)c2)ncc1C(=O)O. The Hall–Kier alpha value is -2.64. The zero-order valence-electron chi connectivity index (χ0n) is 10.7. The number of alkyl halides is 3. The molecule has 0 fully saturated rings. The largest absolute Gasteiger partial charge is 0.480 e. The minimum atomic E-state index is -4.49. The Balaban J connectivity index is 2.50. The molecule has 1 N–H and O–H groups in total. The summed E-state index contributed by atoms with van der Waals surface area (Å²) < 4.78 is 42.8. The molecule has 110 valence electrons. The van der Waals surface area contributed by atoms with E-state index in [0.29, 0.717) is 0 Å². The molecule has 2 rings (SSSR count). The van der Waals surface area contributed by atoms with Crippen molar-refractivity contribution in [3.8, 4) is 17.3 Å². The van der Waals surface area contributed by atoms with Gasteiger partial charge in [-0.15, -0.1) is 0 Å². The number of halogens is 3. The van der Waals surface area contributed by atoms with Gasteiger partial charge in [0.2, 0.25) is 5.88 Å². The van der Waals surface area contributed by atoms with Crippen molar-refractivity contribution < 1.29 is 27.8 Å². The molecule has 0 saturated carbocycles. The highest BCUT2D eigenvalue weighted by Crippen LogP contribution is 2.31. The van der Waals surface area contributed by atoms with Crippen LogP contribution in [-0.4, -0.2) is 28.2 Å². The number of hydrogen-bond donors (Lipinski definition) is 1. The number of aromatic carboxylic acids is 1. The van der Waals surface area contributed by atoms with Crippen molar-refractivity contribution in [3.05, 3.63) is 41.6 Å². The van der Waals surface area contributed by atoms with Crippen molar-refractivity contribution in [1.82, 2.24) is 9.97 Å². The van der Waals surface area contributed by atoms with E-state index in [-0.39, 0.29) is 22.8 Å². The van der Waals surface area contributed by atoms with E-state index in [1.807, 2.05) is 0 Å². The zero-order chi connectivity index (χ0) is 15.6. The van der Waals surface area contributed by atoms with Gasteiger partial charge in [-0.2, -0.15) is 18.2 Å². The Morgan fingerprint density at radius 2 is 2.05 bits per heavy atom. The number of methoxy groups -OCH3 is 1. The van der Waals surface area contributed by atoms with Crippen LogP contribution in [0, 0.1) is 0 Å². The predicted octanol–water partition coefficient (Wildman–Crippen LogP) is 2.87. The average Bonchev–Trinajstić information content (AvgIpc) is 2.45. The highest BCUT2D eigenvalue weighted by molar-refractivity contribution is 5.90. The number of carboxylic acids is 1. The summed E-state index contributed by atoms with van der Waals surface area (Å²) in [4.78, 5) is 18.5. The summed E-state index contributed by atoms with van der Waals surface area (Å²) in [7, 11) is 1.21. The van der Waals surface area contributed by atoms with Crippen LogP contribution in [0.1, 0.15) is 15.9 Å². The molecule has 5 nitrogen and oxygen atoms in total. The summed E-state index contributed by atoms with van der Waals surface area (Å²) in [6.07, 6.45) is -3.50. The smallest absolute Gasteiger partial charge is 0.416 e. The summed E-state index contributed by atoms with van der Waals surface area (Å²) in [6, 6.07) is 4.42. The lowest BCUT2D eigenvalue weighted by Gasteiger charge is -2.09. The van der Waals surface area contributed by atoms with Crippen molar-refractivity contribution in [2.75, 3.05) is 7.11 Å². The maximum absolute atomic E-state index is 12.7. The third-order valence-corrected chi connectivity index (χ3v) is 2.63. The van der Waals surface area contributed by atoms with Gasteiger partial charge in [0.05, 0.1) is 12.7 Å². The number of carbonyl (C=O) groups is 1. The van der Waals surface area contributed by atoms with Gasteiger partial charge in [0.25, 0.3) is 0 Å². The maximum Gasteiger partial charge on any atom is 0.416 e. The standard InChI is InChI=1S/C13H9F3N2O3/c1-21-11-9(12(19)20)6-17-10(18-11)7-3-2-4-8(5-7)13(14,15)16/h2-6H,1H3,(H,19,20). The molecule has 0 aliphatic rings. The fourth-order valence-electron chi connectivity index (χ4n) is 1.64. The lowest BCUT2D eigenvalue weighted by atomic mass is 10.1. The Labute approximate surface area is 117 Å². The number of nitrogens with zero attached hydrogens (tertiary/aromatic N) is 2. The minimum absolute atomic E-state index is 0.0528. The van der Waals surface area contributed by atoms with Crippen LogP contribution in [-0.2, 0) is 6.18 Å². The molecule has 0 unspecified atom stereocenters. The van der Waals surface area contributed by atoms with Crippen LogP contribution in [0.4, 0.5) is 13.2 Å². The summed E-state index contributed by atoms with van der Waals surface area (Å²) in [5.41, 5.74) is -1.00. The van der Waals surface area contributed by atoms with E-state index in [1.165, 1.54) is 19.2 Å². The molecule has 0 atom stereocenters. The van der Waals surface area contributed by atoms with Crippen molar-refractivity contribution in [2.24, 2.45) is 0 Å². The van der Waals surface area contributed by atoms with Crippen LogP contribution in [0.3, 0.4) is 0 Å². The van der Waals surface area contributed by atoms with E-state index in [2.05, 4.69) is 9.97 Å². The van der Waals surface area contributed by atoms with Gasteiger partial charge < -0.3 is 9.84 Å². The Morgan fingerprint density at radius 1 is 1.33 bits per heavy atom. The molecule has 0 amide bonds. The second-order valence-corrected chi connectivity index (χ2v) is 4.00. The van der Waals surface area contributed by atoms with E-state index in [9.17, 15) is 18.0 Å². The van der Waals surface area contributed by atoms with E-state index < -0.39 is 17.7 Å². The number of aromatic nitrogens is 2. The Morgan fingerprint density at radius 3 is 2.62 bits per heavy atom. The number of rotatable bonds is 3. The molecule has 1 aromatic carbocycles. The lowest BCUT2D eigenvalue weighted by Crippen LogP contribution is -2.06. The van der Waals surface area contributed by atoms with Gasteiger partial charge in [-0.05, 0) is 12.1 Å². The van der Waals surface area contributed by atoms with Crippen LogP contribution in [0.5, 0.6) is 5.88 Å². The fourth-order valence-corrected chi connectivity index (χ4v) is 1.64. The molecule has 0 aliphatic heterocycles. The first-order chi connectivity index (χ1) is 9.82. The number of ether oxygens (including phenoxy) is 1. The maximum atomic E-state index is 12.7. The summed E-state index contributed by atoms with van der Waals surface area (Å²) in [5, 5.41) is 8.90. The van der Waals surface area contributed by atoms with Gasteiger partial charge in [0.15, 0.2) is 5.82 Å². The van der Waals surface area contributed by atoms with Crippen molar-refractivity contribution in [3.63, 3.8) is 0 Å². The number of benzene rings is 1. The molecule has 0 saturated heterocycles. The third kappa shape index (κ3) is 3.10. The van der Waals surface area contributed by atoms with E-state index in [1.54, 1.807) is 0 Å². The highest BCUT2D eigenvalue weighted by Gasteiger charge is 2.30. The van der Waals surface area contributed by atoms with Crippen LogP contribution in [0.25, 0.3) is 11.4 Å². The fraction of sp³-hybridized carbons (Fsp3) is 0.154. The van der Waals surface area contributed by atoms with E-state index >= 15 is 0 Å². The first kappa shape index (κ1) is 14.8. The van der Waals surface area contributed by atoms with Crippen molar-refractivity contribution >= 4 is 5.97 Å². The number of carboxylic acid groups (broad SMARTS) is 1. The van der Waals surface area contributed by atoms with Crippen molar-refractivity contribution in [2.45, 2.75) is 6.18 Å². The van der Waals surface area contributed by atoms with Gasteiger partial charge >= 0.3 is 12.1 Å². The first-order valence-corrected chi connectivity index (χ1v) is 5.65. The third-order valence-electron chi connectivity index (χ3n) is 2.63. The average molecular weight is 298 g/mol. The lowest BCUT2D eigenvalue weighted by molar-refractivity contribution is -0.137. The van der Waals surface area contributed by atoms with Gasteiger partial charge in [-0.3, -0.25) is 0 Å². The number of hydrogen-bond acceptors (Lipinski definition) is 4. The summed E-state index contributed by atoms with van der Waals surface area (Å²) >= 11 is 0. The monoisotopic (exact) mass is 298 g/mol. The summed E-state index contributed by atoms with van der Waals surface area (Å²) in [5.74, 6) is -1.56. The van der Waals surface area contributed by atoms with Gasteiger partial charge in [0.1, 0.15) is 5.56 Å². The zero-order valence-corrected chi connectivity index (χ0v) is 10.7. The van der Waals surface area contributed by atoms with Crippen LogP contribution in [0.2, 0.25) is 0 Å².